The Morgan fingerprint density at radius 2 is 1.82 bits per heavy atom. The molecule has 9 nitrogen and oxygen atoms in total. The molecule has 2 aromatic heterocycles. The van der Waals surface area contributed by atoms with Gasteiger partial charge in [-0.15, -0.1) is 0 Å². The van der Waals surface area contributed by atoms with E-state index in [0.29, 0.717) is 54.5 Å². The minimum atomic E-state index is -3.65. The molecule has 1 aromatic carbocycles. The molecule has 1 fully saturated rings. The van der Waals surface area contributed by atoms with Crippen molar-refractivity contribution in [2.24, 2.45) is 7.05 Å². The number of halogens is 1. The Balaban J connectivity index is 1.84. The number of aromatic nitrogens is 4. The Kier molecular flexibility index (Phi) is 7.04. The number of likely N-dealkylation sites (N-methyl/N-ethyl adjacent to an activating group) is 1. The summed E-state index contributed by atoms with van der Waals surface area (Å²) >= 11 is 3.57. The molecule has 3 heterocycles. The number of fused-ring (bicyclic) bond motifs is 1. The molecule has 0 bridgehead atoms. The van der Waals surface area contributed by atoms with Gasteiger partial charge < -0.3 is 9.64 Å². The fraction of sp³-hybridized carbons (Fsp3) is 0.500. The molecule has 0 atom stereocenters. The molecule has 0 saturated carbocycles. The molecule has 1 aliphatic heterocycles. The Labute approximate surface area is 202 Å². The predicted octanol–water partition coefficient (Wildman–Crippen LogP) is 3.08. The highest BCUT2D eigenvalue weighted by atomic mass is 79.9. The van der Waals surface area contributed by atoms with Crippen LogP contribution in [-0.2, 0) is 23.5 Å². The summed E-state index contributed by atoms with van der Waals surface area (Å²) in [5, 5.41) is 4.60. The van der Waals surface area contributed by atoms with Gasteiger partial charge in [-0.05, 0) is 54.5 Å². The van der Waals surface area contributed by atoms with Crippen molar-refractivity contribution in [1.29, 1.82) is 0 Å². The maximum Gasteiger partial charge on any atom is 0.243 e. The van der Waals surface area contributed by atoms with E-state index in [1.165, 1.54) is 4.31 Å². The summed E-state index contributed by atoms with van der Waals surface area (Å²) in [6.07, 6.45) is 1.72. The van der Waals surface area contributed by atoms with E-state index in [1.54, 1.807) is 22.9 Å². The number of aryl methyl sites for hydroxylation is 2. The van der Waals surface area contributed by atoms with Crippen LogP contribution >= 0.6 is 15.9 Å². The van der Waals surface area contributed by atoms with Gasteiger partial charge in [-0.3, -0.25) is 4.68 Å². The van der Waals surface area contributed by atoms with Gasteiger partial charge in [-0.2, -0.15) is 9.40 Å². The van der Waals surface area contributed by atoms with E-state index in [4.69, 9.17) is 9.72 Å². The van der Waals surface area contributed by atoms with Crippen molar-refractivity contribution in [2.75, 3.05) is 39.8 Å². The van der Waals surface area contributed by atoms with Crippen LogP contribution in [0, 0.1) is 0 Å². The Morgan fingerprint density at radius 3 is 2.48 bits per heavy atom. The Hall–Kier alpha value is -2.08. The van der Waals surface area contributed by atoms with E-state index < -0.39 is 10.0 Å². The minimum Gasteiger partial charge on any atom is -0.493 e. The molecule has 0 radical (unpaired) electrons. The first kappa shape index (κ1) is 24.1. The average molecular weight is 537 g/mol. The molecule has 1 saturated heterocycles. The van der Waals surface area contributed by atoms with Gasteiger partial charge in [-0.1, -0.05) is 13.3 Å². The molecule has 0 N–H and O–H groups in total. The van der Waals surface area contributed by atoms with Crippen LogP contribution in [0.5, 0.6) is 5.75 Å². The maximum absolute atomic E-state index is 13.4. The smallest absolute Gasteiger partial charge is 0.243 e. The highest BCUT2D eigenvalue weighted by Gasteiger charge is 2.29. The van der Waals surface area contributed by atoms with Crippen LogP contribution in [0.2, 0.25) is 0 Å². The number of ether oxygens (including phenoxy) is 1. The molecule has 0 spiro atoms. The fourth-order valence-electron chi connectivity index (χ4n) is 4.02. The third-order valence-electron chi connectivity index (χ3n) is 5.79. The SMILES string of the molecule is CCCc1nn(C)c2c(Br)nc(-c3cc(S(=O)(=O)N4CCN(C)CC4)ccc3OCC)nc12. The van der Waals surface area contributed by atoms with Crippen LogP contribution in [-0.4, -0.2) is 77.2 Å². The van der Waals surface area contributed by atoms with Crippen molar-refractivity contribution in [1.82, 2.24) is 29.0 Å². The molecule has 0 aliphatic carbocycles. The molecule has 11 heteroatoms. The number of hydrogen-bond donors (Lipinski definition) is 0. The first-order valence-corrected chi connectivity index (χ1v) is 13.3. The van der Waals surface area contributed by atoms with Crippen LogP contribution < -0.4 is 4.74 Å². The highest BCUT2D eigenvalue weighted by Crippen LogP contribution is 2.34. The maximum atomic E-state index is 13.4. The van der Waals surface area contributed by atoms with Gasteiger partial charge in [0.15, 0.2) is 5.82 Å². The first-order valence-electron chi connectivity index (χ1n) is 11.1. The summed E-state index contributed by atoms with van der Waals surface area (Å²) in [5.41, 5.74) is 2.99. The van der Waals surface area contributed by atoms with Crippen molar-refractivity contribution < 1.29 is 13.2 Å². The lowest BCUT2D eigenvalue weighted by Gasteiger charge is -2.31. The molecule has 3 aromatic rings. The second-order valence-corrected chi connectivity index (χ2v) is 10.8. The summed E-state index contributed by atoms with van der Waals surface area (Å²) in [5.74, 6) is 0.945. The summed E-state index contributed by atoms with van der Waals surface area (Å²) in [4.78, 5) is 11.8. The lowest BCUT2D eigenvalue weighted by molar-refractivity contribution is 0.222. The summed E-state index contributed by atoms with van der Waals surface area (Å²) in [6.45, 7) is 6.76. The van der Waals surface area contributed by atoms with E-state index in [1.807, 2.05) is 21.0 Å². The van der Waals surface area contributed by atoms with Crippen LogP contribution in [0.3, 0.4) is 0 Å². The number of rotatable bonds is 7. The van der Waals surface area contributed by atoms with E-state index in [9.17, 15) is 8.42 Å². The zero-order valence-corrected chi connectivity index (χ0v) is 21.8. The number of hydrogen-bond acceptors (Lipinski definition) is 7. The van der Waals surface area contributed by atoms with Crippen LogP contribution in [0.15, 0.2) is 27.7 Å². The van der Waals surface area contributed by atoms with Gasteiger partial charge in [0.1, 0.15) is 21.4 Å². The van der Waals surface area contributed by atoms with E-state index >= 15 is 0 Å². The molecular formula is C22H29BrN6O3S. The number of benzene rings is 1. The minimum absolute atomic E-state index is 0.213. The second-order valence-electron chi connectivity index (χ2n) is 8.15. The highest BCUT2D eigenvalue weighted by molar-refractivity contribution is 9.10. The Morgan fingerprint density at radius 1 is 1.09 bits per heavy atom. The van der Waals surface area contributed by atoms with Gasteiger partial charge in [-0.25, -0.2) is 18.4 Å². The van der Waals surface area contributed by atoms with Crippen molar-refractivity contribution >= 4 is 37.0 Å². The largest absolute Gasteiger partial charge is 0.493 e. The van der Waals surface area contributed by atoms with Gasteiger partial charge in [0.2, 0.25) is 10.0 Å². The third kappa shape index (κ3) is 4.64. The van der Waals surface area contributed by atoms with Crippen molar-refractivity contribution in [3.63, 3.8) is 0 Å². The molecule has 1 aliphatic rings. The number of piperazine rings is 1. The molecule has 0 amide bonds. The van der Waals surface area contributed by atoms with Crippen molar-refractivity contribution in [3.05, 3.63) is 28.5 Å². The fourth-order valence-corrected chi connectivity index (χ4v) is 6.08. The molecule has 0 unspecified atom stereocenters. The lowest BCUT2D eigenvalue weighted by Crippen LogP contribution is -2.47. The topological polar surface area (TPSA) is 93.4 Å². The summed E-state index contributed by atoms with van der Waals surface area (Å²) in [7, 11) is 0.215. The quantitative estimate of drug-likeness (QED) is 0.428. The molecular weight excluding hydrogens is 508 g/mol. The second kappa shape index (κ2) is 9.65. The molecule has 4 rings (SSSR count). The van der Waals surface area contributed by atoms with Crippen molar-refractivity contribution in [2.45, 2.75) is 31.6 Å². The molecule has 33 heavy (non-hydrogen) atoms. The zero-order valence-electron chi connectivity index (χ0n) is 19.4. The normalized spacial score (nSPS) is 15.9. The number of nitrogens with zero attached hydrogens (tertiary/aromatic N) is 6. The predicted molar refractivity (Wildman–Crippen MR) is 131 cm³/mol. The molecule has 178 valence electrons. The van der Waals surface area contributed by atoms with Gasteiger partial charge in [0.05, 0.1) is 22.8 Å². The number of sulfonamides is 1. The Bertz CT molecular complexity index is 1270. The lowest BCUT2D eigenvalue weighted by atomic mass is 10.1. The van der Waals surface area contributed by atoms with E-state index in [2.05, 4.69) is 37.8 Å². The summed E-state index contributed by atoms with van der Waals surface area (Å²) < 4.78 is 36.5. The van der Waals surface area contributed by atoms with Crippen LogP contribution in [0.25, 0.3) is 22.4 Å². The van der Waals surface area contributed by atoms with Gasteiger partial charge in [0.25, 0.3) is 0 Å². The van der Waals surface area contributed by atoms with Crippen LogP contribution in [0.1, 0.15) is 26.0 Å². The van der Waals surface area contributed by atoms with Gasteiger partial charge in [0, 0.05) is 33.2 Å². The van der Waals surface area contributed by atoms with Crippen molar-refractivity contribution in [3.8, 4) is 17.1 Å². The third-order valence-corrected chi connectivity index (χ3v) is 8.24. The van der Waals surface area contributed by atoms with E-state index in [-0.39, 0.29) is 4.90 Å². The monoisotopic (exact) mass is 536 g/mol. The van der Waals surface area contributed by atoms with Gasteiger partial charge >= 0.3 is 0 Å². The average Bonchev–Trinajstić information content (AvgIpc) is 3.10. The summed E-state index contributed by atoms with van der Waals surface area (Å²) in [6, 6.07) is 4.92. The van der Waals surface area contributed by atoms with Crippen LogP contribution in [0.4, 0.5) is 0 Å². The first-order chi connectivity index (χ1) is 15.8. The zero-order chi connectivity index (χ0) is 23.8. The standard InChI is InChI=1S/C22H29BrN6O3S/c1-5-7-17-19-20(28(4)26-17)21(23)25-22(24-19)16-14-15(8-9-18(16)32-6-2)33(30,31)29-12-10-27(3)11-13-29/h8-9,14H,5-7,10-13H2,1-4H3. The van der Waals surface area contributed by atoms with E-state index in [0.717, 1.165) is 29.6 Å².